The van der Waals surface area contributed by atoms with Crippen molar-refractivity contribution in [2.24, 2.45) is 0 Å². The van der Waals surface area contributed by atoms with E-state index in [2.05, 4.69) is 0 Å². The third-order valence-electron chi connectivity index (χ3n) is 1.71. The van der Waals surface area contributed by atoms with E-state index in [1.807, 2.05) is 6.92 Å². The van der Waals surface area contributed by atoms with Gasteiger partial charge in [-0.1, -0.05) is 6.07 Å². The molecule has 0 aliphatic heterocycles. The van der Waals surface area contributed by atoms with Gasteiger partial charge in [-0.3, -0.25) is 0 Å². The second-order valence-electron chi connectivity index (χ2n) is 2.72. The van der Waals surface area contributed by atoms with Crippen LogP contribution in [0.15, 0.2) is 18.2 Å². The van der Waals surface area contributed by atoms with Crippen LogP contribution in [0.3, 0.4) is 0 Å². The molecule has 2 heteroatoms. The Bertz CT molecular complexity index is 254. The number of hydrogen-bond acceptors (Lipinski definition) is 2. The average Bonchev–Trinajstić information content (AvgIpc) is 1.94. The van der Waals surface area contributed by atoms with E-state index in [4.69, 9.17) is 5.11 Å². The Kier molecular flexibility index (Phi) is 2.15. The number of aryl methyl sites for hydroxylation is 1. The van der Waals surface area contributed by atoms with Crippen molar-refractivity contribution in [2.45, 2.75) is 20.0 Å². The first-order valence-electron chi connectivity index (χ1n) is 3.59. The number of hydrogen-bond donors (Lipinski definition) is 2. The van der Waals surface area contributed by atoms with Gasteiger partial charge in [0.2, 0.25) is 0 Å². The van der Waals surface area contributed by atoms with Crippen LogP contribution in [0.1, 0.15) is 24.2 Å². The number of aliphatic hydroxyl groups is 1. The highest BCUT2D eigenvalue weighted by Gasteiger charge is 2.04. The third-order valence-corrected chi connectivity index (χ3v) is 1.71. The lowest BCUT2D eigenvalue weighted by Crippen LogP contribution is -1.93. The molecule has 0 saturated carbocycles. The van der Waals surface area contributed by atoms with Gasteiger partial charge < -0.3 is 10.2 Å². The van der Waals surface area contributed by atoms with Crippen LogP contribution in [-0.4, -0.2) is 10.2 Å². The van der Waals surface area contributed by atoms with E-state index in [-0.39, 0.29) is 5.75 Å². The molecule has 2 nitrogen and oxygen atoms in total. The van der Waals surface area contributed by atoms with Crippen LogP contribution in [-0.2, 0) is 0 Å². The zero-order chi connectivity index (χ0) is 8.43. The summed E-state index contributed by atoms with van der Waals surface area (Å²) in [6.45, 7) is 3.59. The molecular weight excluding hydrogens is 140 g/mol. The van der Waals surface area contributed by atoms with Crippen molar-refractivity contribution in [2.75, 3.05) is 0 Å². The summed E-state index contributed by atoms with van der Waals surface area (Å²) in [6, 6.07) is 4.98. The molecule has 0 spiro atoms. The molecular formula is C9H12O2. The van der Waals surface area contributed by atoms with E-state index >= 15 is 0 Å². The Hall–Kier alpha value is -1.02. The predicted octanol–water partition coefficient (Wildman–Crippen LogP) is 1.75. The number of aliphatic hydroxyl groups excluding tert-OH is 1. The van der Waals surface area contributed by atoms with Gasteiger partial charge in [0.15, 0.2) is 0 Å². The van der Waals surface area contributed by atoms with Gasteiger partial charge >= 0.3 is 0 Å². The molecule has 0 aliphatic carbocycles. The van der Waals surface area contributed by atoms with Gasteiger partial charge in [-0.2, -0.15) is 0 Å². The van der Waals surface area contributed by atoms with Crippen LogP contribution in [0, 0.1) is 6.92 Å². The smallest absolute Gasteiger partial charge is 0.115 e. The summed E-state index contributed by atoms with van der Waals surface area (Å²) in [5.41, 5.74) is 1.78. The van der Waals surface area contributed by atoms with Crippen LogP contribution in [0.25, 0.3) is 0 Å². The van der Waals surface area contributed by atoms with Gasteiger partial charge in [0, 0.05) is 0 Å². The summed E-state index contributed by atoms with van der Waals surface area (Å²) in [5.74, 6) is 0.200. The van der Waals surface area contributed by atoms with Crippen molar-refractivity contribution < 1.29 is 10.2 Å². The molecule has 0 heterocycles. The van der Waals surface area contributed by atoms with E-state index in [9.17, 15) is 5.11 Å². The topological polar surface area (TPSA) is 40.5 Å². The summed E-state index contributed by atoms with van der Waals surface area (Å²) >= 11 is 0. The molecule has 0 fully saturated rings. The molecule has 1 unspecified atom stereocenters. The summed E-state index contributed by atoms with van der Waals surface area (Å²) in [7, 11) is 0. The number of phenols is 1. The Morgan fingerprint density at radius 1 is 1.36 bits per heavy atom. The second kappa shape index (κ2) is 2.93. The van der Waals surface area contributed by atoms with Crippen molar-refractivity contribution in [3.63, 3.8) is 0 Å². The van der Waals surface area contributed by atoms with E-state index in [1.54, 1.807) is 25.1 Å². The van der Waals surface area contributed by atoms with Gasteiger partial charge in [-0.15, -0.1) is 0 Å². The summed E-state index contributed by atoms with van der Waals surface area (Å²) in [6.07, 6.45) is -0.512. The SMILES string of the molecule is Cc1ccc(O)cc1C(C)O. The molecule has 60 valence electrons. The highest BCUT2D eigenvalue weighted by molar-refractivity contribution is 5.35. The fraction of sp³-hybridized carbons (Fsp3) is 0.333. The molecule has 11 heavy (non-hydrogen) atoms. The summed E-state index contributed by atoms with van der Waals surface area (Å²) in [5, 5.41) is 18.3. The quantitative estimate of drug-likeness (QED) is 0.643. The maximum absolute atomic E-state index is 9.22. The number of benzene rings is 1. The van der Waals surface area contributed by atoms with Crippen molar-refractivity contribution in [3.8, 4) is 5.75 Å². The molecule has 1 aromatic carbocycles. The maximum Gasteiger partial charge on any atom is 0.115 e. The van der Waals surface area contributed by atoms with Crippen molar-refractivity contribution in [1.29, 1.82) is 0 Å². The van der Waals surface area contributed by atoms with Crippen LogP contribution in [0.2, 0.25) is 0 Å². The molecule has 1 rings (SSSR count). The van der Waals surface area contributed by atoms with Crippen LogP contribution in [0.4, 0.5) is 0 Å². The van der Waals surface area contributed by atoms with Crippen molar-refractivity contribution in [1.82, 2.24) is 0 Å². The minimum Gasteiger partial charge on any atom is -0.508 e. The Morgan fingerprint density at radius 2 is 2.00 bits per heavy atom. The zero-order valence-corrected chi connectivity index (χ0v) is 6.70. The van der Waals surface area contributed by atoms with Crippen LogP contribution in [0.5, 0.6) is 5.75 Å². The molecule has 1 aromatic rings. The van der Waals surface area contributed by atoms with Gasteiger partial charge in [-0.25, -0.2) is 0 Å². The summed E-state index contributed by atoms with van der Waals surface area (Å²) < 4.78 is 0. The highest BCUT2D eigenvalue weighted by Crippen LogP contribution is 2.21. The lowest BCUT2D eigenvalue weighted by molar-refractivity contribution is 0.198. The summed E-state index contributed by atoms with van der Waals surface area (Å²) in [4.78, 5) is 0. The van der Waals surface area contributed by atoms with Crippen molar-refractivity contribution >= 4 is 0 Å². The Labute approximate surface area is 66.1 Å². The molecule has 1 atom stereocenters. The van der Waals surface area contributed by atoms with E-state index < -0.39 is 6.10 Å². The first-order chi connectivity index (χ1) is 5.11. The number of rotatable bonds is 1. The van der Waals surface area contributed by atoms with Gasteiger partial charge in [-0.05, 0) is 37.1 Å². The fourth-order valence-electron chi connectivity index (χ4n) is 1.08. The minimum absolute atomic E-state index is 0.200. The monoisotopic (exact) mass is 152 g/mol. The molecule has 0 aromatic heterocycles. The molecule has 0 aliphatic rings. The van der Waals surface area contributed by atoms with Crippen LogP contribution >= 0.6 is 0 Å². The first kappa shape index (κ1) is 8.08. The van der Waals surface area contributed by atoms with E-state index in [0.29, 0.717) is 0 Å². The van der Waals surface area contributed by atoms with Gasteiger partial charge in [0.1, 0.15) is 5.75 Å². The predicted molar refractivity (Wildman–Crippen MR) is 43.5 cm³/mol. The molecule has 0 saturated heterocycles. The lowest BCUT2D eigenvalue weighted by Gasteiger charge is -2.08. The number of phenolic OH excluding ortho intramolecular Hbond substituents is 1. The standard InChI is InChI=1S/C9H12O2/c1-6-3-4-8(11)5-9(6)7(2)10/h3-5,7,10-11H,1-2H3. The fourth-order valence-corrected chi connectivity index (χ4v) is 1.08. The number of aromatic hydroxyl groups is 1. The van der Waals surface area contributed by atoms with E-state index in [0.717, 1.165) is 11.1 Å². The first-order valence-corrected chi connectivity index (χ1v) is 3.59. The largest absolute Gasteiger partial charge is 0.508 e. The average molecular weight is 152 g/mol. The third kappa shape index (κ3) is 1.71. The minimum atomic E-state index is -0.512. The van der Waals surface area contributed by atoms with Gasteiger partial charge in [0.25, 0.3) is 0 Å². The molecule has 2 N–H and O–H groups in total. The van der Waals surface area contributed by atoms with Crippen LogP contribution < -0.4 is 0 Å². The lowest BCUT2D eigenvalue weighted by atomic mass is 10.0. The second-order valence-corrected chi connectivity index (χ2v) is 2.72. The molecule has 0 radical (unpaired) electrons. The zero-order valence-electron chi connectivity index (χ0n) is 6.70. The maximum atomic E-state index is 9.22. The highest BCUT2D eigenvalue weighted by atomic mass is 16.3. The van der Waals surface area contributed by atoms with Crippen molar-refractivity contribution in [3.05, 3.63) is 29.3 Å². The molecule has 0 amide bonds. The van der Waals surface area contributed by atoms with E-state index in [1.165, 1.54) is 0 Å². The molecule has 0 bridgehead atoms. The Morgan fingerprint density at radius 3 is 2.45 bits per heavy atom. The Balaban J connectivity index is 3.13. The normalized spacial score (nSPS) is 13.0. The van der Waals surface area contributed by atoms with Gasteiger partial charge in [0.05, 0.1) is 6.10 Å².